The minimum Gasteiger partial charge on any atom is -0.310 e. The summed E-state index contributed by atoms with van der Waals surface area (Å²) in [6.07, 6.45) is 37.1. The lowest BCUT2D eigenvalue weighted by atomic mass is 9.69. The van der Waals surface area contributed by atoms with Crippen LogP contribution in [0.3, 0.4) is 0 Å². The average Bonchev–Trinajstić information content (AvgIpc) is 1.57. The van der Waals surface area contributed by atoms with Gasteiger partial charge in [-0.2, -0.15) is 0 Å². The molecule has 0 saturated heterocycles. The largest absolute Gasteiger partial charge is 0.310 e. The van der Waals surface area contributed by atoms with Crippen molar-refractivity contribution in [3.05, 3.63) is 262 Å². The summed E-state index contributed by atoms with van der Waals surface area (Å²) in [6.45, 7) is 23.4. The van der Waals surface area contributed by atoms with Crippen molar-refractivity contribution in [2.75, 3.05) is 9.80 Å². The summed E-state index contributed by atoms with van der Waals surface area (Å²) < 4.78 is 0. The van der Waals surface area contributed by atoms with Crippen molar-refractivity contribution < 1.29 is 0 Å². The zero-order valence-electron chi connectivity index (χ0n) is 66.2. The van der Waals surface area contributed by atoms with E-state index in [-0.39, 0.29) is 16.2 Å². The smallest absolute Gasteiger partial charge is 0.0465 e. The minimum atomic E-state index is -0.179. The Hall–Kier alpha value is -8.20. The van der Waals surface area contributed by atoms with Crippen molar-refractivity contribution in [2.24, 2.45) is 0 Å². The topological polar surface area (TPSA) is 6.48 Å². The molecule has 0 saturated carbocycles. The van der Waals surface area contributed by atoms with Crippen molar-refractivity contribution in [3.63, 3.8) is 0 Å². The molecule has 0 heterocycles. The highest BCUT2D eigenvalue weighted by Gasteiger charge is 2.45. The van der Waals surface area contributed by atoms with Gasteiger partial charge in [0.05, 0.1) is 0 Å². The van der Waals surface area contributed by atoms with Gasteiger partial charge in [-0.3, -0.25) is 0 Å². The molecule has 0 aromatic heterocycles. The van der Waals surface area contributed by atoms with E-state index in [0.717, 1.165) is 19.3 Å². The molecule has 1 unspecified atom stereocenters. The van der Waals surface area contributed by atoms with Gasteiger partial charge in [0.2, 0.25) is 0 Å². The molecule has 0 amide bonds. The molecule has 13 rings (SSSR count). The fraction of sp³-hybridized carbons (Fsp3) is 0.417. The van der Waals surface area contributed by atoms with E-state index in [1.165, 1.54) is 296 Å². The lowest BCUT2D eigenvalue weighted by molar-refractivity contribution is 0.397. The second-order valence-corrected chi connectivity index (χ2v) is 32.9. The van der Waals surface area contributed by atoms with Crippen LogP contribution in [0.1, 0.15) is 298 Å². The summed E-state index contributed by atoms with van der Waals surface area (Å²) in [5.41, 5.74) is 33.7. The average molecular weight is 1390 g/mol. The number of aryl methyl sites for hydroxylation is 2. The van der Waals surface area contributed by atoms with Gasteiger partial charge >= 0.3 is 0 Å². The lowest BCUT2D eigenvalue weighted by Gasteiger charge is -2.35. The van der Waals surface area contributed by atoms with Gasteiger partial charge in [0.15, 0.2) is 0 Å². The number of nitrogens with zero attached hydrogens (tertiary/aromatic N) is 2. The highest BCUT2D eigenvalue weighted by Crippen LogP contribution is 2.59. The summed E-state index contributed by atoms with van der Waals surface area (Å²) in [7, 11) is 0. The van der Waals surface area contributed by atoms with Crippen LogP contribution >= 0.6 is 0 Å². The van der Waals surface area contributed by atoms with Crippen molar-refractivity contribution in [3.8, 4) is 55.6 Å². The highest BCUT2D eigenvalue weighted by atomic mass is 15.1. The standard InChI is InChI=1S/C103H124N2/c1-11-16-20-24-28-34-66-102(67-35-29-25-21-17-12-2)97-70-80(77(8)15-5)48-61-91(97)92-63-50-82(72-98(92)102)79-46-57-86(58-47-79)105(84-53-42-76(7)43-54-84)88-60-65-94-93-64-59-87(73-99(93)103(100(94)74-88,68-36-30-26-22-18-13-3)69-37-31-27-23-19-14-4)104(83-51-40-75(6)41-52-83)85-55-44-78(45-56-85)81-49-62-90-89-38-32-33-39-95(89)101(9,10)96(90)71-81/h32-33,38-65,70-74,77H,11-31,34-37,66-69H2,1-10H3. The predicted octanol–water partition coefficient (Wildman–Crippen LogP) is 31.9. The first-order valence-corrected chi connectivity index (χ1v) is 42.1. The molecule has 10 aromatic rings. The van der Waals surface area contributed by atoms with Crippen molar-refractivity contribution in [1.29, 1.82) is 0 Å². The maximum absolute atomic E-state index is 2.68. The molecule has 2 heteroatoms. The van der Waals surface area contributed by atoms with E-state index in [4.69, 9.17) is 0 Å². The maximum Gasteiger partial charge on any atom is 0.0465 e. The fourth-order valence-electron chi connectivity index (χ4n) is 18.9. The SMILES string of the molecule is CCCCCCCCC1(CCCCCCCC)c2cc(-c3ccc(N(c4ccc(C)cc4)c4ccc5c(c4)C(CCCCCCCC)(CCCCCCCC)c4cc(N(c6ccc(C)cc6)c6ccc(-c7ccc8c(c7)C(C)(C)c7ccccc7-8)cc6)ccc4-5)cc3)ccc2-c2ccc(C(C)CC)cc21. The van der Waals surface area contributed by atoms with Gasteiger partial charge in [-0.1, -0.05) is 348 Å². The maximum atomic E-state index is 2.68. The molecule has 3 aliphatic rings. The molecule has 0 radical (unpaired) electrons. The number of benzene rings is 10. The molecule has 0 fully saturated rings. The molecule has 1 atom stereocenters. The molecular weight excluding hydrogens is 1270 g/mol. The van der Waals surface area contributed by atoms with Crippen LogP contribution in [-0.4, -0.2) is 0 Å². The lowest BCUT2D eigenvalue weighted by Crippen LogP contribution is -2.26. The van der Waals surface area contributed by atoms with Crippen LogP contribution in [0.2, 0.25) is 0 Å². The Kier molecular flexibility index (Phi) is 24.7. The number of hydrogen-bond acceptors (Lipinski definition) is 2. The van der Waals surface area contributed by atoms with Crippen molar-refractivity contribution >= 4 is 34.1 Å². The zero-order valence-corrected chi connectivity index (χ0v) is 66.2. The van der Waals surface area contributed by atoms with E-state index >= 15 is 0 Å². The summed E-state index contributed by atoms with van der Waals surface area (Å²) in [5.74, 6) is 0.541. The first kappa shape index (κ1) is 75.0. The number of unbranched alkanes of at least 4 members (excludes halogenated alkanes) is 20. The number of rotatable bonds is 38. The van der Waals surface area contributed by atoms with Gasteiger partial charge in [0, 0.05) is 50.4 Å². The molecule has 2 nitrogen and oxygen atoms in total. The normalized spacial score (nSPS) is 14.2. The molecule has 0 bridgehead atoms. The van der Waals surface area contributed by atoms with Crippen LogP contribution in [0.4, 0.5) is 34.1 Å². The molecule has 546 valence electrons. The van der Waals surface area contributed by atoms with Crippen LogP contribution in [0, 0.1) is 13.8 Å². The fourth-order valence-corrected chi connectivity index (χ4v) is 18.9. The third-order valence-corrected chi connectivity index (χ3v) is 25.3. The second kappa shape index (κ2) is 34.6. The van der Waals surface area contributed by atoms with E-state index in [1.54, 1.807) is 11.1 Å². The summed E-state index contributed by atoms with van der Waals surface area (Å²) in [5, 5.41) is 0. The van der Waals surface area contributed by atoms with Gasteiger partial charge in [-0.25, -0.2) is 0 Å². The molecule has 105 heavy (non-hydrogen) atoms. The van der Waals surface area contributed by atoms with E-state index in [0.29, 0.717) is 5.92 Å². The van der Waals surface area contributed by atoms with Gasteiger partial charge in [0.1, 0.15) is 0 Å². The molecule has 0 spiro atoms. The number of anilines is 6. The summed E-state index contributed by atoms with van der Waals surface area (Å²) in [4.78, 5) is 5.11. The summed E-state index contributed by atoms with van der Waals surface area (Å²) >= 11 is 0. The van der Waals surface area contributed by atoms with Gasteiger partial charge < -0.3 is 9.80 Å². The van der Waals surface area contributed by atoms with Crippen LogP contribution in [0.15, 0.2) is 212 Å². The molecule has 10 aromatic carbocycles. The number of fused-ring (bicyclic) bond motifs is 9. The van der Waals surface area contributed by atoms with Crippen LogP contribution in [-0.2, 0) is 16.2 Å². The van der Waals surface area contributed by atoms with E-state index in [2.05, 4.69) is 291 Å². The third-order valence-electron chi connectivity index (χ3n) is 25.3. The first-order chi connectivity index (χ1) is 51.3. The monoisotopic (exact) mass is 1390 g/mol. The Morgan fingerprint density at radius 2 is 0.562 bits per heavy atom. The zero-order chi connectivity index (χ0) is 72.9. The van der Waals surface area contributed by atoms with Crippen LogP contribution in [0.25, 0.3) is 55.6 Å². The van der Waals surface area contributed by atoms with Gasteiger partial charge in [-0.15, -0.1) is 0 Å². The van der Waals surface area contributed by atoms with E-state index < -0.39 is 0 Å². The van der Waals surface area contributed by atoms with Crippen LogP contribution in [0.5, 0.6) is 0 Å². The Morgan fingerprint density at radius 3 is 0.962 bits per heavy atom. The van der Waals surface area contributed by atoms with Crippen molar-refractivity contribution in [1.82, 2.24) is 0 Å². The van der Waals surface area contributed by atoms with E-state index in [9.17, 15) is 0 Å². The molecule has 0 N–H and O–H groups in total. The van der Waals surface area contributed by atoms with Gasteiger partial charge in [-0.05, 0) is 231 Å². The molecular formula is C103H124N2. The van der Waals surface area contributed by atoms with Gasteiger partial charge in [0.25, 0.3) is 0 Å². The predicted molar refractivity (Wildman–Crippen MR) is 457 cm³/mol. The Labute approximate surface area is 635 Å². The van der Waals surface area contributed by atoms with Crippen molar-refractivity contribution in [2.45, 2.75) is 278 Å². The highest BCUT2D eigenvalue weighted by molar-refractivity contribution is 5.91. The van der Waals surface area contributed by atoms with E-state index in [1.807, 2.05) is 0 Å². The summed E-state index contributed by atoms with van der Waals surface area (Å²) in [6, 6.07) is 84.5. The quantitative estimate of drug-likeness (QED) is 0.0356. The third kappa shape index (κ3) is 16.0. The number of hydrogen-bond donors (Lipinski definition) is 0. The Balaban J connectivity index is 0.888. The molecule has 3 aliphatic carbocycles. The second-order valence-electron chi connectivity index (χ2n) is 32.9. The minimum absolute atomic E-state index is 0.0131. The first-order valence-electron chi connectivity index (χ1n) is 42.1. The van der Waals surface area contributed by atoms with Crippen LogP contribution < -0.4 is 9.80 Å². The Morgan fingerprint density at radius 1 is 0.267 bits per heavy atom. The molecule has 0 aliphatic heterocycles. The Bertz CT molecular complexity index is 4450.